The molecule has 0 atom stereocenters. The fourth-order valence-corrected chi connectivity index (χ4v) is 3.00. The van der Waals surface area contributed by atoms with Crippen LogP contribution >= 0.6 is 0 Å². The molecule has 1 aliphatic rings. The second-order valence-electron chi connectivity index (χ2n) is 5.83. The zero-order chi connectivity index (χ0) is 15.4. The summed E-state index contributed by atoms with van der Waals surface area (Å²) in [5.41, 5.74) is 1.82. The highest BCUT2D eigenvalue weighted by Gasteiger charge is 2.21. The molecule has 0 aromatic heterocycles. The first-order valence-corrected chi connectivity index (χ1v) is 7.72. The van der Waals surface area contributed by atoms with Gasteiger partial charge in [-0.1, -0.05) is 30.3 Å². The number of benzene rings is 2. The van der Waals surface area contributed by atoms with Gasteiger partial charge in [0, 0.05) is 0 Å². The van der Waals surface area contributed by atoms with Gasteiger partial charge in [-0.2, -0.15) is 5.26 Å². The average molecular weight is 292 g/mol. The van der Waals surface area contributed by atoms with Crippen LogP contribution in [0.4, 0.5) is 0 Å². The van der Waals surface area contributed by atoms with Crippen molar-refractivity contribution in [2.24, 2.45) is 0 Å². The molecule has 0 spiro atoms. The molecule has 0 N–H and O–H groups in total. The molecule has 0 bridgehead atoms. The average Bonchev–Trinajstić information content (AvgIpc) is 2.57. The summed E-state index contributed by atoms with van der Waals surface area (Å²) < 4.78 is 6.08. The number of rotatable bonds is 3. The highest BCUT2D eigenvalue weighted by molar-refractivity contribution is 5.47. The van der Waals surface area contributed by atoms with Crippen LogP contribution in [0.2, 0.25) is 0 Å². The van der Waals surface area contributed by atoms with Crippen LogP contribution in [0.25, 0.3) is 0 Å². The van der Waals surface area contributed by atoms with Gasteiger partial charge in [0.25, 0.3) is 0 Å². The molecular formula is C19H20N2O. The Morgan fingerprint density at radius 1 is 1.00 bits per heavy atom. The summed E-state index contributed by atoms with van der Waals surface area (Å²) >= 11 is 0. The highest BCUT2D eigenvalue weighted by Crippen LogP contribution is 2.36. The molecule has 1 fully saturated rings. The summed E-state index contributed by atoms with van der Waals surface area (Å²) in [4.78, 5) is 2.37. The van der Waals surface area contributed by atoms with Gasteiger partial charge in [-0.3, -0.25) is 0 Å². The monoisotopic (exact) mass is 292 g/mol. The van der Waals surface area contributed by atoms with Crippen LogP contribution in [0.5, 0.6) is 11.5 Å². The van der Waals surface area contributed by atoms with E-state index in [-0.39, 0.29) is 0 Å². The molecule has 0 radical (unpaired) electrons. The van der Waals surface area contributed by atoms with Crippen molar-refractivity contribution in [3.05, 3.63) is 59.7 Å². The maximum atomic E-state index is 9.21. The van der Waals surface area contributed by atoms with Gasteiger partial charge < -0.3 is 9.64 Å². The van der Waals surface area contributed by atoms with E-state index in [0.717, 1.165) is 31.7 Å². The number of hydrogen-bond donors (Lipinski definition) is 0. The molecule has 3 rings (SSSR count). The minimum absolute atomic E-state index is 0.529. The number of likely N-dealkylation sites (tertiary alicyclic amines) is 1. The lowest BCUT2D eigenvalue weighted by atomic mass is 9.89. The number of nitrogens with zero attached hydrogens (tertiary/aromatic N) is 2. The largest absolute Gasteiger partial charge is 0.456 e. The lowest BCUT2D eigenvalue weighted by Gasteiger charge is -2.30. The molecule has 0 saturated carbocycles. The molecule has 3 heteroatoms. The van der Waals surface area contributed by atoms with Gasteiger partial charge in [-0.15, -0.1) is 0 Å². The van der Waals surface area contributed by atoms with E-state index >= 15 is 0 Å². The molecule has 0 aliphatic carbocycles. The lowest BCUT2D eigenvalue weighted by molar-refractivity contribution is 0.253. The van der Waals surface area contributed by atoms with Crippen LogP contribution in [-0.4, -0.2) is 25.0 Å². The molecule has 1 saturated heterocycles. The fraction of sp³-hybridized carbons (Fsp3) is 0.316. The van der Waals surface area contributed by atoms with E-state index in [1.807, 2.05) is 30.3 Å². The standard InChI is InChI=1S/C19H20N2O/c1-21-12-10-15(11-13-21)17-7-3-5-9-19(17)22-18-8-4-2-6-16(18)14-20/h2-9,15H,10-13H2,1H3. The summed E-state index contributed by atoms with van der Waals surface area (Å²) in [6.45, 7) is 2.24. The summed E-state index contributed by atoms with van der Waals surface area (Å²) in [7, 11) is 2.17. The molecular weight excluding hydrogens is 272 g/mol. The Balaban J connectivity index is 1.87. The second kappa shape index (κ2) is 6.64. The maximum absolute atomic E-state index is 9.21. The summed E-state index contributed by atoms with van der Waals surface area (Å²) in [5.74, 6) is 2.03. The topological polar surface area (TPSA) is 36.3 Å². The SMILES string of the molecule is CN1CCC(c2ccccc2Oc2ccccc2C#N)CC1. The van der Waals surface area contributed by atoms with Gasteiger partial charge >= 0.3 is 0 Å². The third-order valence-electron chi connectivity index (χ3n) is 4.30. The van der Waals surface area contributed by atoms with E-state index in [9.17, 15) is 5.26 Å². The number of ether oxygens (including phenoxy) is 1. The third kappa shape index (κ3) is 3.13. The predicted octanol–water partition coefficient (Wildman–Crippen LogP) is 4.16. The van der Waals surface area contributed by atoms with Crippen molar-refractivity contribution < 1.29 is 4.74 Å². The van der Waals surface area contributed by atoms with Crippen molar-refractivity contribution in [2.45, 2.75) is 18.8 Å². The van der Waals surface area contributed by atoms with Crippen LogP contribution in [0.15, 0.2) is 48.5 Å². The number of hydrogen-bond acceptors (Lipinski definition) is 3. The van der Waals surface area contributed by atoms with E-state index in [4.69, 9.17) is 4.74 Å². The van der Waals surface area contributed by atoms with E-state index in [2.05, 4.69) is 30.1 Å². The van der Waals surface area contributed by atoms with Crippen LogP contribution in [0.1, 0.15) is 29.9 Å². The molecule has 1 heterocycles. The highest BCUT2D eigenvalue weighted by atomic mass is 16.5. The van der Waals surface area contributed by atoms with Crippen LogP contribution in [0, 0.1) is 11.3 Å². The summed E-state index contributed by atoms with van der Waals surface area (Å²) in [5, 5.41) is 9.21. The molecule has 112 valence electrons. The quantitative estimate of drug-likeness (QED) is 0.852. The van der Waals surface area contributed by atoms with Crippen molar-refractivity contribution in [3.8, 4) is 17.6 Å². The molecule has 2 aromatic rings. The lowest BCUT2D eigenvalue weighted by Crippen LogP contribution is -2.29. The molecule has 3 nitrogen and oxygen atoms in total. The van der Waals surface area contributed by atoms with E-state index < -0.39 is 0 Å². The zero-order valence-corrected chi connectivity index (χ0v) is 12.8. The number of para-hydroxylation sites is 2. The van der Waals surface area contributed by atoms with Crippen LogP contribution in [0.3, 0.4) is 0 Å². The molecule has 0 unspecified atom stereocenters. The Morgan fingerprint density at radius 2 is 1.64 bits per heavy atom. The summed E-state index contributed by atoms with van der Waals surface area (Å²) in [6.07, 6.45) is 2.30. The number of nitriles is 1. The van der Waals surface area contributed by atoms with Gasteiger partial charge in [0.05, 0.1) is 5.56 Å². The van der Waals surface area contributed by atoms with Gasteiger partial charge in [0.15, 0.2) is 0 Å². The van der Waals surface area contributed by atoms with E-state index in [0.29, 0.717) is 17.2 Å². The molecule has 0 amide bonds. The number of piperidine rings is 1. The summed E-state index contributed by atoms with van der Waals surface area (Å²) in [6, 6.07) is 17.8. The van der Waals surface area contributed by atoms with Gasteiger partial charge in [0.2, 0.25) is 0 Å². The fourth-order valence-electron chi connectivity index (χ4n) is 3.00. The van der Waals surface area contributed by atoms with Gasteiger partial charge in [-0.05, 0) is 62.7 Å². The van der Waals surface area contributed by atoms with Crippen LogP contribution in [-0.2, 0) is 0 Å². The maximum Gasteiger partial charge on any atom is 0.145 e. The molecule has 1 aliphatic heterocycles. The van der Waals surface area contributed by atoms with Crippen molar-refractivity contribution in [2.75, 3.05) is 20.1 Å². The van der Waals surface area contributed by atoms with Crippen molar-refractivity contribution in [1.29, 1.82) is 5.26 Å². The Bertz CT molecular complexity index is 682. The Labute approximate surface area is 131 Å². The molecule has 22 heavy (non-hydrogen) atoms. The van der Waals surface area contributed by atoms with Gasteiger partial charge in [0.1, 0.15) is 17.6 Å². The molecule has 2 aromatic carbocycles. The minimum Gasteiger partial charge on any atom is -0.456 e. The Hall–Kier alpha value is -2.31. The normalized spacial score (nSPS) is 16.2. The van der Waals surface area contributed by atoms with Crippen molar-refractivity contribution in [3.63, 3.8) is 0 Å². The smallest absolute Gasteiger partial charge is 0.145 e. The second-order valence-corrected chi connectivity index (χ2v) is 5.83. The first-order chi connectivity index (χ1) is 10.8. The van der Waals surface area contributed by atoms with Crippen molar-refractivity contribution in [1.82, 2.24) is 4.90 Å². The van der Waals surface area contributed by atoms with Crippen LogP contribution < -0.4 is 4.74 Å². The van der Waals surface area contributed by atoms with E-state index in [1.54, 1.807) is 6.07 Å². The Morgan fingerprint density at radius 3 is 2.36 bits per heavy atom. The minimum atomic E-state index is 0.529. The zero-order valence-electron chi connectivity index (χ0n) is 12.8. The van der Waals surface area contributed by atoms with Crippen molar-refractivity contribution >= 4 is 0 Å². The first kappa shape index (κ1) is 14.6. The predicted molar refractivity (Wildman–Crippen MR) is 87.1 cm³/mol. The third-order valence-corrected chi connectivity index (χ3v) is 4.30. The first-order valence-electron chi connectivity index (χ1n) is 7.72. The van der Waals surface area contributed by atoms with Gasteiger partial charge in [-0.25, -0.2) is 0 Å². The Kier molecular flexibility index (Phi) is 4.41. The van der Waals surface area contributed by atoms with E-state index in [1.165, 1.54) is 5.56 Å².